The predicted molar refractivity (Wildman–Crippen MR) is 128 cm³/mol. The topological polar surface area (TPSA) is 53.0 Å². The second-order valence-corrected chi connectivity index (χ2v) is 7.77. The second-order valence-electron chi connectivity index (χ2n) is 7.77. The third-order valence-electron chi connectivity index (χ3n) is 5.42. The van der Waals surface area contributed by atoms with E-state index in [0.29, 0.717) is 26.4 Å². The van der Waals surface area contributed by atoms with E-state index in [1.54, 1.807) is 0 Å². The highest BCUT2D eigenvalue weighted by Gasteiger charge is 2.11. The minimum Gasteiger partial charge on any atom is -0.491 e. The normalized spacial score (nSPS) is 14.1. The average Bonchev–Trinajstić information content (AvgIpc) is 2.86. The molecule has 0 unspecified atom stereocenters. The summed E-state index contributed by atoms with van der Waals surface area (Å²) in [7, 11) is 0. The first-order valence-corrected chi connectivity index (χ1v) is 11.5. The Labute approximate surface area is 190 Å². The summed E-state index contributed by atoms with van der Waals surface area (Å²) in [6.07, 6.45) is 1.03. The van der Waals surface area contributed by atoms with Crippen molar-refractivity contribution in [1.82, 2.24) is 4.98 Å². The van der Waals surface area contributed by atoms with Crippen LogP contribution < -0.4 is 9.64 Å². The number of nitrogens with zero attached hydrogens (tertiary/aromatic N) is 2. The Hall–Kier alpha value is -2.67. The van der Waals surface area contributed by atoms with Crippen LogP contribution in [0.4, 0.5) is 5.69 Å². The number of hydrogen-bond donors (Lipinski definition) is 0. The molecule has 2 aromatic carbocycles. The fourth-order valence-corrected chi connectivity index (χ4v) is 3.70. The van der Waals surface area contributed by atoms with Crippen LogP contribution in [0.3, 0.4) is 0 Å². The predicted octanol–water partition coefficient (Wildman–Crippen LogP) is 4.56. The smallest absolute Gasteiger partial charge is 0.120 e. The van der Waals surface area contributed by atoms with E-state index in [4.69, 9.17) is 23.9 Å². The van der Waals surface area contributed by atoms with Gasteiger partial charge in [0.05, 0.1) is 44.2 Å². The monoisotopic (exact) mass is 436 g/mol. The number of pyridine rings is 1. The molecule has 1 aliphatic heterocycles. The molecule has 1 aromatic heterocycles. The Balaban J connectivity index is 1.31. The molecule has 1 fully saturated rings. The van der Waals surface area contributed by atoms with Crippen molar-refractivity contribution in [2.24, 2.45) is 0 Å². The molecule has 0 aliphatic carbocycles. The molecule has 4 rings (SSSR count). The Morgan fingerprint density at radius 1 is 0.844 bits per heavy atom. The maximum atomic E-state index is 5.82. The Morgan fingerprint density at radius 3 is 2.38 bits per heavy atom. The molecule has 1 saturated heterocycles. The number of aromatic nitrogens is 1. The largest absolute Gasteiger partial charge is 0.491 e. The molecular formula is C26H32N2O4. The van der Waals surface area contributed by atoms with E-state index in [0.717, 1.165) is 67.2 Å². The first kappa shape index (κ1) is 22.5. The van der Waals surface area contributed by atoms with Crippen LogP contribution in [0.2, 0.25) is 0 Å². The quantitative estimate of drug-likeness (QED) is 0.411. The van der Waals surface area contributed by atoms with Gasteiger partial charge in [-0.2, -0.15) is 0 Å². The summed E-state index contributed by atoms with van der Waals surface area (Å²) in [6.45, 7) is 8.64. The van der Waals surface area contributed by atoms with Gasteiger partial charge in [-0.3, -0.25) is 0 Å². The summed E-state index contributed by atoms with van der Waals surface area (Å²) in [5, 5.41) is 1.06. The van der Waals surface area contributed by atoms with Crippen LogP contribution in [0.5, 0.6) is 5.75 Å². The lowest BCUT2D eigenvalue weighted by Gasteiger charge is -2.28. The van der Waals surface area contributed by atoms with E-state index in [1.165, 1.54) is 5.69 Å². The number of ether oxygens (including phenoxy) is 4. The molecule has 0 amide bonds. The molecule has 1 aliphatic rings. The van der Waals surface area contributed by atoms with Crippen molar-refractivity contribution < 1.29 is 18.9 Å². The van der Waals surface area contributed by atoms with E-state index in [-0.39, 0.29) is 0 Å². The van der Waals surface area contributed by atoms with Crippen LogP contribution in [0.1, 0.15) is 13.3 Å². The number of anilines is 1. The third-order valence-corrected chi connectivity index (χ3v) is 5.42. The first-order valence-electron chi connectivity index (χ1n) is 11.5. The molecule has 3 aromatic rings. The Morgan fingerprint density at radius 2 is 1.59 bits per heavy atom. The molecule has 170 valence electrons. The van der Waals surface area contributed by atoms with Crippen LogP contribution in [0.25, 0.3) is 22.2 Å². The molecule has 6 nitrogen and oxygen atoms in total. The number of fused-ring (bicyclic) bond motifs is 1. The zero-order valence-corrected chi connectivity index (χ0v) is 18.8. The van der Waals surface area contributed by atoms with Gasteiger partial charge in [0.25, 0.3) is 0 Å². The van der Waals surface area contributed by atoms with Crippen molar-refractivity contribution in [3.63, 3.8) is 0 Å². The molecule has 0 spiro atoms. The fourth-order valence-electron chi connectivity index (χ4n) is 3.70. The molecule has 0 bridgehead atoms. The van der Waals surface area contributed by atoms with Crippen molar-refractivity contribution in [3.8, 4) is 17.0 Å². The highest BCUT2D eigenvalue weighted by molar-refractivity contribution is 5.83. The standard InChI is InChI=1S/C26H32N2O4/c1-2-13-29-16-17-31-18-19-32-24-8-10-26-22(20-24)5-9-25(27-26)21-3-6-23(7-4-21)28-11-14-30-15-12-28/h3-10,20H,2,11-19H2,1H3. The van der Waals surface area contributed by atoms with E-state index in [1.807, 2.05) is 18.2 Å². The zero-order valence-electron chi connectivity index (χ0n) is 18.8. The lowest BCUT2D eigenvalue weighted by Crippen LogP contribution is -2.36. The van der Waals surface area contributed by atoms with Gasteiger partial charge in [0, 0.05) is 36.3 Å². The van der Waals surface area contributed by atoms with Gasteiger partial charge in [-0.1, -0.05) is 25.1 Å². The second kappa shape index (κ2) is 11.8. The van der Waals surface area contributed by atoms with E-state index in [9.17, 15) is 0 Å². The fraction of sp³-hybridized carbons (Fsp3) is 0.423. The highest BCUT2D eigenvalue weighted by atomic mass is 16.5. The molecule has 0 saturated carbocycles. The van der Waals surface area contributed by atoms with Crippen molar-refractivity contribution in [3.05, 3.63) is 54.6 Å². The molecule has 0 atom stereocenters. The minimum absolute atomic E-state index is 0.514. The van der Waals surface area contributed by atoms with Gasteiger partial charge < -0.3 is 23.8 Å². The lowest BCUT2D eigenvalue weighted by atomic mass is 10.1. The summed E-state index contributed by atoms with van der Waals surface area (Å²) in [5.41, 5.74) is 4.27. The zero-order chi connectivity index (χ0) is 22.0. The number of rotatable bonds is 11. The first-order chi connectivity index (χ1) is 15.8. The average molecular weight is 437 g/mol. The summed E-state index contributed by atoms with van der Waals surface area (Å²) in [5.74, 6) is 0.827. The van der Waals surface area contributed by atoms with Gasteiger partial charge >= 0.3 is 0 Å². The van der Waals surface area contributed by atoms with Crippen molar-refractivity contribution >= 4 is 16.6 Å². The van der Waals surface area contributed by atoms with Gasteiger partial charge in [0.1, 0.15) is 12.4 Å². The molecule has 32 heavy (non-hydrogen) atoms. The molecule has 0 N–H and O–H groups in total. The maximum absolute atomic E-state index is 5.82. The summed E-state index contributed by atoms with van der Waals surface area (Å²) in [4.78, 5) is 7.20. The Kier molecular flexibility index (Phi) is 8.31. The van der Waals surface area contributed by atoms with Gasteiger partial charge in [-0.05, 0) is 42.8 Å². The minimum atomic E-state index is 0.514. The van der Waals surface area contributed by atoms with Gasteiger partial charge in [-0.15, -0.1) is 0 Å². The Bertz CT molecular complexity index is 971. The van der Waals surface area contributed by atoms with Crippen LogP contribution in [-0.4, -0.2) is 64.3 Å². The lowest BCUT2D eigenvalue weighted by molar-refractivity contribution is 0.0366. The van der Waals surface area contributed by atoms with E-state index in [2.05, 4.69) is 48.2 Å². The third kappa shape index (κ3) is 6.19. The molecule has 0 radical (unpaired) electrons. The van der Waals surface area contributed by atoms with Gasteiger partial charge in [-0.25, -0.2) is 4.98 Å². The van der Waals surface area contributed by atoms with Gasteiger partial charge in [0.15, 0.2) is 0 Å². The summed E-state index contributed by atoms with van der Waals surface area (Å²) < 4.78 is 22.2. The van der Waals surface area contributed by atoms with Crippen molar-refractivity contribution in [2.45, 2.75) is 13.3 Å². The van der Waals surface area contributed by atoms with Crippen molar-refractivity contribution in [2.75, 3.05) is 64.2 Å². The molecule has 6 heteroatoms. The SMILES string of the molecule is CCCOCCOCCOc1ccc2nc(-c3ccc(N4CCOCC4)cc3)ccc2c1. The van der Waals surface area contributed by atoms with Crippen LogP contribution in [0.15, 0.2) is 54.6 Å². The summed E-state index contributed by atoms with van der Waals surface area (Å²) >= 11 is 0. The van der Waals surface area contributed by atoms with Crippen molar-refractivity contribution in [1.29, 1.82) is 0 Å². The number of benzene rings is 2. The van der Waals surface area contributed by atoms with E-state index >= 15 is 0 Å². The van der Waals surface area contributed by atoms with Crippen LogP contribution in [0, 0.1) is 0 Å². The molecule has 2 heterocycles. The van der Waals surface area contributed by atoms with Crippen LogP contribution >= 0.6 is 0 Å². The van der Waals surface area contributed by atoms with Gasteiger partial charge in [0.2, 0.25) is 0 Å². The van der Waals surface area contributed by atoms with E-state index < -0.39 is 0 Å². The molecular weight excluding hydrogens is 404 g/mol. The summed E-state index contributed by atoms with van der Waals surface area (Å²) in [6, 6.07) is 18.8. The maximum Gasteiger partial charge on any atom is 0.120 e. The van der Waals surface area contributed by atoms with Crippen LogP contribution in [-0.2, 0) is 14.2 Å². The highest BCUT2D eigenvalue weighted by Crippen LogP contribution is 2.26. The number of morpholine rings is 1. The number of hydrogen-bond acceptors (Lipinski definition) is 6.